The van der Waals surface area contributed by atoms with Crippen molar-refractivity contribution in [1.29, 1.82) is 0 Å². The number of carbonyl (C=O) groups is 2. The number of hydrogen-bond acceptors (Lipinski definition) is 4. The Kier molecular flexibility index (Phi) is 6.01. The van der Waals surface area contributed by atoms with E-state index in [1.54, 1.807) is 32.4 Å². The van der Waals surface area contributed by atoms with E-state index in [-0.39, 0.29) is 24.2 Å². The van der Waals surface area contributed by atoms with Gasteiger partial charge in [-0.05, 0) is 25.0 Å². The fourth-order valence-corrected chi connectivity index (χ4v) is 3.98. The molecular formula is C20H28N2O4. The average Bonchev–Trinajstić information content (AvgIpc) is 2.86. The number of rotatable bonds is 5. The van der Waals surface area contributed by atoms with Crippen molar-refractivity contribution in [1.82, 2.24) is 4.90 Å². The van der Waals surface area contributed by atoms with E-state index in [4.69, 9.17) is 9.47 Å². The highest BCUT2D eigenvalue weighted by atomic mass is 16.5. The molecule has 1 saturated carbocycles. The minimum atomic E-state index is -0.318. The van der Waals surface area contributed by atoms with Crippen molar-refractivity contribution in [2.45, 2.75) is 51.0 Å². The molecule has 3 rings (SSSR count). The maximum Gasteiger partial charge on any atom is 0.229 e. The van der Waals surface area contributed by atoms with E-state index in [1.807, 2.05) is 4.90 Å². The quantitative estimate of drug-likeness (QED) is 0.819. The maximum atomic E-state index is 12.7. The van der Waals surface area contributed by atoms with Crippen LogP contribution in [0.2, 0.25) is 0 Å². The first-order valence-corrected chi connectivity index (χ1v) is 9.44. The number of carbonyl (C=O) groups excluding carboxylic acids is 2. The van der Waals surface area contributed by atoms with Gasteiger partial charge in [-0.25, -0.2) is 0 Å². The van der Waals surface area contributed by atoms with Gasteiger partial charge in [-0.15, -0.1) is 0 Å². The van der Waals surface area contributed by atoms with Crippen LogP contribution in [0.3, 0.4) is 0 Å². The van der Waals surface area contributed by atoms with Crippen LogP contribution in [0, 0.1) is 5.92 Å². The molecule has 2 aliphatic rings. The van der Waals surface area contributed by atoms with Crippen molar-refractivity contribution in [2.24, 2.45) is 5.92 Å². The summed E-state index contributed by atoms with van der Waals surface area (Å²) in [6.45, 7) is 0.515. The maximum absolute atomic E-state index is 12.7. The number of ether oxygens (including phenoxy) is 2. The van der Waals surface area contributed by atoms with Gasteiger partial charge >= 0.3 is 0 Å². The largest absolute Gasteiger partial charge is 0.497 e. The molecule has 0 aromatic heterocycles. The smallest absolute Gasteiger partial charge is 0.229 e. The molecule has 26 heavy (non-hydrogen) atoms. The molecule has 142 valence electrons. The summed E-state index contributed by atoms with van der Waals surface area (Å²) in [5.74, 6) is 0.866. The normalized spacial score (nSPS) is 21.4. The van der Waals surface area contributed by atoms with E-state index in [0.717, 1.165) is 12.8 Å². The van der Waals surface area contributed by atoms with Gasteiger partial charge in [-0.2, -0.15) is 0 Å². The van der Waals surface area contributed by atoms with Crippen LogP contribution in [-0.4, -0.2) is 43.5 Å². The summed E-state index contributed by atoms with van der Waals surface area (Å²) in [6.07, 6.45) is 7.25. The van der Waals surface area contributed by atoms with Crippen molar-refractivity contribution < 1.29 is 19.1 Å². The van der Waals surface area contributed by atoms with Gasteiger partial charge in [0.05, 0.1) is 25.8 Å². The Bertz CT molecular complexity index is 653. The first kappa shape index (κ1) is 18.5. The Balaban J connectivity index is 1.66. The highest BCUT2D eigenvalue weighted by molar-refractivity contribution is 5.98. The molecular weight excluding hydrogens is 332 g/mol. The molecule has 1 N–H and O–H groups in total. The monoisotopic (exact) mass is 360 g/mol. The SMILES string of the molecule is COc1ccc(OC)c(NC(=O)C2CC(=O)N(C3CCCCCC3)C2)c1. The van der Waals surface area contributed by atoms with Crippen LogP contribution < -0.4 is 14.8 Å². The predicted octanol–water partition coefficient (Wildman–Crippen LogP) is 3.21. The summed E-state index contributed by atoms with van der Waals surface area (Å²) in [5.41, 5.74) is 0.567. The van der Waals surface area contributed by atoms with Gasteiger partial charge in [0.1, 0.15) is 11.5 Å². The third-order valence-corrected chi connectivity index (χ3v) is 5.46. The molecule has 1 unspecified atom stereocenters. The van der Waals surface area contributed by atoms with Gasteiger partial charge in [0.15, 0.2) is 0 Å². The van der Waals surface area contributed by atoms with Crippen molar-refractivity contribution in [3.8, 4) is 11.5 Å². The summed E-state index contributed by atoms with van der Waals surface area (Å²) < 4.78 is 10.5. The summed E-state index contributed by atoms with van der Waals surface area (Å²) >= 11 is 0. The zero-order valence-corrected chi connectivity index (χ0v) is 15.6. The van der Waals surface area contributed by atoms with E-state index in [9.17, 15) is 9.59 Å². The number of nitrogens with one attached hydrogen (secondary N) is 1. The number of likely N-dealkylation sites (tertiary alicyclic amines) is 1. The molecule has 0 radical (unpaired) electrons. The zero-order valence-electron chi connectivity index (χ0n) is 15.6. The van der Waals surface area contributed by atoms with E-state index in [2.05, 4.69) is 5.32 Å². The second kappa shape index (κ2) is 8.43. The Morgan fingerprint density at radius 3 is 2.50 bits per heavy atom. The van der Waals surface area contributed by atoms with Crippen LogP contribution in [0.1, 0.15) is 44.9 Å². The van der Waals surface area contributed by atoms with Gasteiger partial charge < -0.3 is 19.7 Å². The van der Waals surface area contributed by atoms with E-state index in [0.29, 0.717) is 29.8 Å². The van der Waals surface area contributed by atoms with Crippen LogP contribution in [0.15, 0.2) is 18.2 Å². The summed E-state index contributed by atoms with van der Waals surface area (Å²) in [7, 11) is 3.14. The van der Waals surface area contributed by atoms with Crippen LogP contribution in [0.25, 0.3) is 0 Å². The van der Waals surface area contributed by atoms with Crippen LogP contribution in [0.5, 0.6) is 11.5 Å². The second-order valence-corrected chi connectivity index (χ2v) is 7.15. The fourth-order valence-electron chi connectivity index (χ4n) is 3.98. The third-order valence-electron chi connectivity index (χ3n) is 5.46. The highest BCUT2D eigenvalue weighted by Crippen LogP contribution is 2.32. The van der Waals surface area contributed by atoms with Crippen LogP contribution in [0.4, 0.5) is 5.69 Å². The molecule has 1 saturated heterocycles. The molecule has 0 bridgehead atoms. The Hall–Kier alpha value is -2.24. The number of anilines is 1. The van der Waals surface area contributed by atoms with Gasteiger partial charge in [-0.1, -0.05) is 25.7 Å². The van der Waals surface area contributed by atoms with Crippen LogP contribution >= 0.6 is 0 Å². The van der Waals surface area contributed by atoms with E-state index in [1.165, 1.54) is 25.7 Å². The zero-order chi connectivity index (χ0) is 18.5. The molecule has 2 amide bonds. The van der Waals surface area contributed by atoms with Crippen molar-refractivity contribution in [3.63, 3.8) is 0 Å². The molecule has 0 spiro atoms. The lowest BCUT2D eigenvalue weighted by Gasteiger charge is -2.27. The summed E-state index contributed by atoms with van der Waals surface area (Å²) in [5, 5.41) is 2.91. The second-order valence-electron chi connectivity index (χ2n) is 7.15. The minimum Gasteiger partial charge on any atom is -0.497 e. The molecule has 1 aromatic carbocycles. The number of nitrogens with zero attached hydrogens (tertiary/aromatic N) is 1. The van der Waals surface area contributed by atoms with Crippen molar-refractivity contribution in [3.05, 3.63) is 18.2 Å². The Morgan fingerprint density at radius 1 is 1.12 bits per heavy atom. The molecule has 6 heteroatoms. The first-order chi connectivity index (χ1) is 12.6. The van der Waals surface area contributed by atoms with E-state index >= 15 is 0 Å². The standard InChI is InChI=1S/C20H28N2O4/c1-25-16-9-10-18(26-2)17(12-16)21-20(24)14-11-19(23)22(13-14)15-7-5-3-4-6-8-15/h9-10,12,14-15H,3-8,11,13H2,1-2H3,(H,21,24). The molecule has 1 aromatic rings. The highest BCUT2D eigenvalue weighted by Gasteiger charge is 2.38. The minimum absolute atomic E-state index is 0.106. The lowest BCUT2D eigenvalue weighted by Crippen LogP contribution is -2.37. The predicted molar refractivity (Wildman–Crippen MR) is 99.5 cm³/mol. The third kappa shape index (κ3) is 4.11. The van der Waals surface area contributed by atoms with Crippen molar-refractivity contribution in [2.75, 3.05) is 26.1 Å². The molecule has 6 nitrogen and oxygen atoms in total. The van der Waals surface area contributed by atoms with Gasteiger partial charge in [-0.3, -0.25) is 9.59 Å². The lowest BCUT2D eigenvalue weighted by atomic mass is 10.1. The van der Waals surface area contributed by atoms with E-state index < -0.39 is 0 Å². The molecule has 1 aliphatic carbocycles. The lowest BCUT2D eigenvalue weighted by molar-refractivity contribution is -0.130. The van der Waals surface area contributed by atoms with Gasteiger partial charge in [0, 0.05) is 25.1 Å². The number of methoxy groups -OCH3 is 2. The van der Waals surface area contributed by atoms with Gasteiger partial charge in [0.25, 0.3) is 0 Å². The Morgan fingerprint density at radius 2 is 1.85 bits per heavy atom. The molecule has 1 heterocycles. The number of amides is 2. The summed E-state index contributed by atoms with van der Waals surface area (Å²) in [6, 6.07) is 5.57. The van der Waals surface area contributed by atoms with Gasteiger partial charge in [0.2, 0.25) is 11.8 Å². The number of benzene rings is 1. The van der Waals surface area contributed by atoms with Crippen LogP contribution in [-0.2, 0) is 9.59 Å². The first-order valence-electron chi connectivity index (χ1n) is 9.44. The Labute approximate surface area is 154 Å². The fraction of sp³-hybridized carbons (Fsp3) is 0.600. The average molecular weight is 360 g/mol. The summed E-state index contributed by atoms with van der Waals surface area (Å²) in [4.78, 5) is 27.2. The molecule has 2 fully saturated rings. The topological polar surface area (TPSA) is 67.9 Å². The molecule has 1 aliphatic heterocycles. The van der Waals surface area contributed by atoms with Crippen molar-refractivity contribution >= 4 is 17.5 Å². The molecule has 1 atom stereocenters. The number of hydrogen-bond donors (Lipinski definition) is 1.